The fourth-order valence-corrected chi connectivity index (χ4v) is 0.825. The van der Waals surface area contributed by atoms with Gasteiger partial charge in [-0.05, 0) is 6.08 Å². The third kappa shape index (κ3) is 0.942. The molecule has 0 aliphatic carbocycles. The summed E-state index contributed by atoms with van der Waals surface area (Å²) in [5.41, 5.74) is 0. The van der Waals surface area contributed by atoms with E-state index >= 15 is 0 Å². The molecule has 0 amide bonds. The first-order valence-electron chi connectivity index (χ1n) is 1.65. The molecule has 0 aromatic carbocycles. The molecule has 1 N–H and O–H groups in total. The maximum atomic E-state index is 10.2. The molecule has 0 spiro atoms. The van der Waals surface area contributed by atoms with Crippen LogP contribution in [0.1, 0.15) is 0 Å². The van der Waals surface area contributed by atoms with Gasteiger partial charge in [-0.2, -0.15) is 4.21 Å². The highest BCUT2D eigenvalue weighted by molar-refractivity contribution is 7.92. The Bertz CT molecular complexity index is 196. The standard InChI is InChI=1S/C3H4O3S/c4-7(5)3-1-2-6-7/h1-3H,(H,4,5). The molecule has 1 unspecified atom stereocenters. The van der Waals surface area contributed by atoms with Crippen molar-refractivity contribution in [2.75, 3.05) is 0 Å². The lowest BCUT2D eigenvalue weighted by Crippen LogP contribution is -1.95. The first-order chi connectivity index (χ1) is 3.21. The molecule has 1 aliphatic heterocycles. The van der Waals surface area contributed by atoms with Crippen molar-refractivity contribution in [2.45, 2.75) is 0 Å². The summed E-state index contributed by atoms with van der Waals surface area (Å²) in [5, 5.41) is 1.10. The molecule has 1 rings (SSSR count). The maximum Gasteiger partial charge on any atom is 0.246 e. The average molecular weight is 120 g/mol. The minimum atomic E-state index is -3.03. The molecule has 40 valence electrons. The highest BCUT2D eigenvalue weighted by atomic mass is 32.2. The molecule has 7 heavy (non-hydrogen) atoms. The molecule has 0 aromatic heterocycles. The van der Waals surface area contributed by atoms with Gasteiger partial charge in [-0.1, -0.05) is 0 Å². The van der Waals surface area contributed by atoms with Crippen molar-refractivity contribution >= 4 is 15.5 Å². The third-order valence-corrected chi connectivity index (χ3v) is 1.41. The van der Waals surface area contributed by atoms with E-state index in [1.165, 1.54) is 12.3 Å². The van der Waals surface area contributed by atoms with Crippen LogP contribution in [0.3, 0.4) is 0 Å². The summed E-state index contributed by atoms with van der Waals surface area (Å²) < 4.78 is 22.8. The zero-order valence-electron chi connectivity index (χ0n) is 3.40. The van der Waals surface area contributed by atoms with Gasteiger partial charge >= 0.3 is 0 Å². The predicted octanol–water partition coefficient (Wildman–Crippen LogP) is 0.00490. The topological polar surface area (TPSA) is 46.5 Å². The molecule has 1 heterocycles. The second kappa shape index (κ2) is 1.24. The van der Waals surface area contributed by atoms with Crippen LogP contribution in [0.4, 0.5) is 0 Å². The summed E-state index contributed by atoms with van der Waals surface area (Å²) in [6, 6.07) is 0. The van der Waals surface area contributed by atoms with Gasteiger partial charge in [-0.15, -0.1) is 0 Å². The molecule has 3 nitrogen and oxygen atoms in total. The van der Waals surface area contributed by atoms with Crippen LogP contribution in [0.25, 0.3) is 0 Å². The van der Waals surface area contributed by atoms with Gasteiger partial charge in [0.15, 0.2) is 0 Å². The summed E-state index contributed by atoms with van der Waals surface area (Å²) in [4.78, 5) is 0. The van der Waals surface area contributed by atoms with E-state index in [1.807, 2.05) is 0 Å². The van der Waals surface area contributed by atoms with Gasteiger partial charge in [0.25, 0.3) is 0 Å². The van der Waals surface area contributed by atoms with E-state index in [0.29, 0.717) is 0 Å². The van der Waals surface area contributed by atoms with Crippen LogP contribution in [0.5, 0.6) is 0 Å². The predicted molar refractivity (Wildman–Crippen MR) is 27.1 cm³/mol. The summed E-state index contributed by atoms with van der Waals surface area (Å²) in [7, 11) is -3.03. The Morgan fingerprint density at radius 1 is 1.71 bits per heavy atom. The summed E-state index contributed by atoms with van der Waals surface area (Å²) in [5.74, 6) is 0. The molecule has 4 heteroatoms. The lowest BCUT2D eigenvalue weighted by atomic mass is 10.7. The lowest BCUT2D eigenvalue weighted by Gasteiger charge is -1.91. The molecule has 0 fully saturated rings. The Morgan fingerprint density at radius 3 is 2.57 bits per heavy atom. The van der Waals surface area contributed by atoms with E-state index in [2.05, 4.69) is 4.18 Å². The van der Waals surface area contributed by atoms with Crippen molar-refractivity contribution in [3.8, 4) is 0 Å². The Kier molecular flexibility index (Phi) is 0.831. The molecular weight excluding hydrogens is 116 g/mol. The minimum Gasteiger partial charge on any atom is -0.397 e. The largest absolute Gasteiger partial charge is 0.397 e. The van der Waals surface area contributed by atoms with Crippen LogP contribution in [0.15, 0.2) is 12.3 Å². The molecule has 0 saturated heterocycles. The van der Waals surface area contributed by atoms with Gasteiger partial charge in [0.1, 0.15) is 6.26 Å². The van der Waals surface area contributed by atoms with Crippen molar-refractivity contribution in [1.82, 2.24) is 0 Å². The number of rotatable bonds is 0. The van der Waals surface area contributed by atoms with Crippen molar-refractivity contribution in [2.24, 2.45) is 0 Å². The Morgan fingerprint density at radius 2 is 2.43 bits per heavy atom. The fraction of sp³-hybridized carbons (Fsp3) is 0. The summed E-state index contributed by atoms with van der Waals surface area (Å²) >= 11 is 0. The van der Waals surface area contributed by atoms with Crippen LogP contribution in [-0.2, 0) is 14.3 Å². The average Bonchev–Trinajstić information content (AvgIpc) is 1.84. The number of hydrogen-bond donors (Lipinski definition) is 1. The van der Waals surface area contributed by atoms with Crippen molar-refractivity contribution in [1.29, 1.82) is 0 Å². The molecule has 0 bridgehead atoms. The SMILES string of the molecule is O=S1(O)=CC=CO1. The first kappa shape index (κ1) is 4.67. The highest BCUT2D eigenvalue weighted by Gasteiger charge is 1.99. The Hall–Kier alpha value is -0.480. The minimum absolute atomic E-state index is 1.10. The van der Waals surface area contributed by atoms with Gasteiger partial charge in [0.2, 0.25) is 10.1 Å². The highest BCUT2D eigenvalue weighted by Crippen LogP contribution is 1.95. The lowest BCUT2D eigenvalue weighted by molar-refractivity contribution is 0.418. The number of hydrogen-bond acceptors (Lipinski definition) is 2. The van der Waals surface area contributed by atoms with Gasteiger partial charge < -0.3 is 4.18 Å². The molecule has 1 aliphatic rings. The van der Waals surface area contributed by atoms with Crippen molar-refractivity contribution in [3.63, 3.8) is 0 Å². The van der Waals surface area contributed by atoms with Gasteiger partial charge in [0.05, 0.1) is 5.37 Å². The maximum absolute atomic E-state index is 10.2. The van der Waals surface area contributed by atoms with Gasteiger partial charge in [-0.25, -0.2) is 0 Å². The van der Waals surface area contributed by atoms with E-state index in [1.54, 1.807) is 0 Å². The Balaban J connectivity index is 3.02. The second-order valence-electron chi connectivity index (χ2n) is 1.08. The fourth-order valence-electron chi connectivity index (χ4n) is 0.275. The zero-order valence-corrected chi connectivity index (χ0v) is 4.22. The summed E-state index contributed by atoms with van der Waals surface area (Å²) in [6.45, 7) is 0. The quantitative estimate of drug-likeness (QED) is 0.458. The van der Waals surface area contributed by atoms with Crippen molar-refractivity contribution < 1.29 is 12.9 Å². The van der Waals surface area contributed by atoms with Crippen LogP contribution >= 0.6 is 0 Å². The smallest absolute Gasteiger partial charge is 0.246 e. The number of allylic oxidation sites excluding steroid dienone is 1. The van der Waals surface area contributed by atoms with Crippen molar-refractivity contribution in [3.05, 3.63) is 12.3 Å². The van der Waals surface area contributed by atoms with E-state index in [0.717, 1.165) is 5.37 Å². The van der Waals surface area contributed by atoms with E-state index in [4.69, 9.17) is 4.55 Å². The monoisotopic (exact) mass is 120 g/mol. The van der Waals surface area contributed by atoms with Gasteiger partial charge in [-0.3, -0.25) is 4.55 Å². The zero-order chi connectivity index (χ0) is 5.33. The molecule has 0 aromatic rings. The second-order valence-corrected chi connectivity index (χ2v) is 2.57. The van der Waals surface area contributed by atoms with Crippen LogP contribution < -0.4 is 0 Å². The summed E-state index contributed by atoms with van der Waals surface area (Å²) in [6.07, 6.45) is 2.57. The van der Waals surface area contributed by atoms with Crippen LogP contribution in [-0.4, -0.2) is 14.1 Å². The van der Waals surface area contributed by atoms with E-state index < -0.39 is 10.1 Å². The van der Waals surface area contributed by atoms with E-state index in [-0.39, 0.29) is 0 Å². The van der Waals surface area contributed by atoms with E-state index in [9.17, 15) is 4.21 Å². The Labute approximate surface area is 41.6 Å². The normalized spacial score (nSPS) is 37.3. The molecular formula is C3H4O3S. The van der Waals surface area contributed by atoms with Crippen LogP contribution in [0, 0.1) is 0 Å². The first-order valence-corrected chi connectivity index (χ1v) is 3.16. The van der Waals surface area contributed by atoms with Gasteiger partial charge in [0, 0.05) is 0 Å². The van der Waals surface area contributed by atoms with Crippen LogP contribution in [0.2, 0.25) is 0 Å². The third-order valence-electron chi connectivity index (χ3n) is 0.523. The molecule has 0 saturated carbocycles. The molecule has 0 radical (unpaired) electrons. The molecule has 1 atom stereocenters.